The van der Waals surface area contributed by atoms with E-state index in [1.807, 2.05) is 6.92 Å². The number of aryl methyl sites for hydroxylation is 1. The van der Waals surface area contributed by atoms with Crippen LogP contribution in [0, 0.1) is 5.82 Å². The minimum absolute atomic E-state index is 0.204. The zero-order chi connectivity index (χ0) is 21.3. The molecule has 1 aliphatic carbocycles. The molecule has 1 saturated heterocycles. The van der Waals surface area contributed by atoms with Gasteiger partial charge >= 0.3 is 0 Å². The van der Waals surface area contributed by atoms with E-state index in [4.69, 9.17) is 18.9 Å². The van der Waals surface area contributed by atoms with Gasteiger partial charge in [-0.1, -0.05) is 6.58 Å². The number of allylic oxidation sites excluding steroid dienone is 1. The van der Waals surface area contributed by atoms with Crippen molar-refractivity contribution in [2.24, 2.45) is 7.05 Å². The second kappa shape index (κ2) is 8.81. The molecular weight excluding hydrogens is 389 g/mol. The van der Waals surface area contributed by atoms with Crippen molar-refractivity contribution in [2.45, 2.75) is 64.1 Å². The largest absolute Gasteiger partial charge is 0.490 e. The molecule has 1 N–H and O–H groups in total. The van der Waals surface area contributed by atoms with E-state index in [9.17, 15) is 4.39 Å². The SMILES string of the molecule is C=C(C)N[C@@H](C)CCC1OCC(Oc2nc3c(F)cc(OC4CC4)cc3n2C)CO1. The van der Waals surface area contributed by atoms with Crippen molar-refractivity contribution in [3.05, 3.63) is 30.2 Å². The molecule has 30 heavy (non-hydrogen) atoms. The highest BCUT2D eigenvalue weighted by atomic mass is 19.1. The predicted molar refractivity (Wildman–Crippen MR) is 111 cm³/mol. The molecule has 1 atom stereocenters. The summed E-state index contributed by atoms with van der Waals surface area (Å²) in [6, 6.07) is 3.84. The molecular formula is C22H30FN3O4. The molecule has 1 saturated carbocycles. The fourth-order valence-corrected chi connectivity index (χ4v) is 3.54. The second-order valence-corrected chi connectivity index (χ2v) is 8.28. The average Bonchev–Trinajstić information content (AvgIpc) is 3.45. The van der Waals surface area contributed by atoms with Crippen molar-refractivity contribution >= 4 is 11.0 Å². The Balaban J connectivity index is 1.33. The lowest BCUT2D eigenvalue weighted by atomic mass is 10.1. The van der Waals surface area contributed by atoms with Crippen LogP contribution in [-0.4, -0.2) is 47.3 Å². The summed E-state index contributed by atoms with van der Waals surface area (Å²) in [6.45, 7) is 8.71. The van der Waals surface area contributed by atoms with Gasteiger partial charge in [0.15, 0.2) is 12.1 Å². The van der Waals surface area contributed by atoms with Gasteiger partial charge in [-0.15, -0.1) is 0 Å². The summed E-state index contributed by atoms with van der Waals surface area (Å²) in [5, 5.41) is 3.28. The van der Waals surface area contributed by atoms with Crippen molar-refractivity contribution < 1.29 is 23.3 Å². The Bertz CT molecular complexity index is 903. The van der Waals surface area contributed by atoms with Gasteiger partial charge in [-0.3, -0.25) is 4.57 Å². The lowest BCUT2D eigenvalue weighted by molar-refractivity contribution is -0.215. The minimum atomic E-state index is -0.415. The Labute approximate surface area is 176 Å². The first-order valence-electron chi connectivity index (χ1n) is 10.5. The number of nitrogens with one attached hydrogen (secondary N) is 1. The first-order valence-corrected chi connectivity index (χ1v) is 10.5. The maximum absolute atomic E-state index is 14.5. The standard InChI is InChI=1S/C22H30FN3O4/c1-13(2)24-14(3)5-8-20-27-11-17(12-28-20)30-22-25-21-18(23)9-16(29-15-6-7-15)10-19(21)26(22)4/h9-10,14-15,17,20,24H,1,5-8,11-12H2,2-4H3/t14-,17?,20?/m0/s1. The first kappa shape index (κ1) is 20.9. The molecule has 0 radical (unpaired) electrons. The van der Waals surface area contributed by atoms with Crippen molar-refractivity contribution in [3.63, 3.8) is 0 Å². The molecule has 1 aromatic heterocycles. The molecule has 0 amide bonds. The molecule has 2 aliphatic rings. The van der Waals surface area contributed by atoms with Gasteiger partial charge in [0.25, 0.3) is 6.01 Å². The lowest BCUT2D eigenvalue weighted by Crippen LogP contribution is -2.40. The van der Waals surface area contributed by atoms with Gasteiger partial charge in [0.05, 0.1) is 24.8 Å². The van der Waals surface area contributed by atoms with E-state index in [1.54, 1.807) is 17.7 Å². The Morgan fingerprint density at radius 3 is 2.70 bits per heavy atom. The lowest BCUT2D eigenvalue weighted by Gasteiger charge is -2.30. The molecule has 2 aromatic rings. The molecule has 7 nitrogen and oxygen atoms in total. The van der Waals surface area contributed by atoms with Crippen molar-refractivity contribution in [1.82, 2.24) is 14.9 Å². The molecule has 8 heteroatoms. The number of hydrogen-bond acceptors (Lipinski definition) is 6. The number of rotatable bonds is 9. The number of imidazole rings is 1. The zero-order valence-corrected chi connectivity index (χ0v) is 17.8. The summed E-state index contributed by atoms with van der Waals surface area (Å²) < 4.78 is 39.5. The van der Waals surface area contributed by atoms with Crippen LogP contribution in [0.4, 0.5) is 4.39 Å². The fourth-order valence-electron chi connectivity index (χ4n) is 3.54. The molecule has 4 rings (SSSR count). The van der Waals surface area contributed by atoms with E-state index >= 15 is 0 Å². The van der Waals surface area contributed by atoms with Gasteiger partial charge in [0, 0.05) is 37.3 Å². The maximum Gasteiger partial charge on any atom is 0.297 e. The van der Waals surface area contributed by atoms with Crippen LogP contribution in [0.1, 0.15) is 39.5 Å². The number of hydrogen-bond donors (Lipinski definition) is 1. The molecule has 2 heterocycles. The highest BCUT2D eigenvalue weighted by Gasteiger charge is 2.27. The third-order valence-corrected chi connectivity index (χ3v) is 5.24. The van der Waals surface area contributed by atoms with Gasteiger partial charge < -0.3 is 24.3 Å². The Kier molecular flexibility index (Phi) is 6.15. The van der Waals surface area contributed by atoms with Crippen LogP contribution in [-0.2, 0) is 16.5 Å². The highest BCUT2D eigenvalue weighted by molar-refractivity contribution is 5.79. The van der Waals surface area contributed by atoms with Crippen LogP contribution >= 0.6 is 0 Å². The monoisotopic (exact) mass is 419 g/mol. The van der Waals surface area contributed by atoms with Crippen molar-refractivity contribution in [2.75, 3.05) is 13.2 Å². The third kappa shape index (κ3) is 5.05. The number of benzene rings is 1. The van der Waals surface area contributed by atoms with Gasteiger partial charge in [0.2, 0.25) is 0 Å². The highest BCUT2D eigenvalue weighted by Crippen LogP contribution is 2.32. The van der Waals surface area contributed by atoms with E-state index in [1.165, 1.54) is 6.07 Å². The number of halogens is 1. The van der Waals surface area contributed by atoms with Crippen molar-refractivity contribution in [1.29, 1.82) is 0 Å². The summed E-state index contributed by atoms with van der Waals surface area (Å²) in [5.41, 5.74) is 1.85. The Hall–Kier alpha value is -2.32. The number of nitrogens with zero attached hydrogens (tertiary/aromatic N) is 2. The first-order chi connectivity index (χ1) is 14.4. The van der Waals surface area contributed by atoms with Gasteiger partial charge in [-0.2, -0.15) is 4.98 Å². The summed E-state index contributed by atoms with van der Waals surface area (Å²) in [4.78, 5) is 4.33. The summed E-state index contributed by atoms with van der Waals surface area (Å²) in [5.74, 6) is 0.113. The maximum atomic E-state index is 14.5. The van der Waals surface area contributed by atoms with Crippen LogP contribution in [0.2, 0.25) is 0 Å². The molecule has 0 unspecified atom stereocenters. The molecule has 1 aliphatic heterocycles. The summed E-state index contributed by atoms with van der Waals surface area (Å²) in [6.07, 6.45) is 3.40. The number of fused-ring (bicyclic) bond motifs is 1. The molecule has 0 bridgehead atoms. The minimum Gasteiger partial charge on any atom is -0.490 e. The normalized spacial score (nSPS) is 22.7. The smallest absolute Gasteiger partial charge is 0.297 e. The third-order valence-electron chi connectivity index (χ3n) is 5.24. The summed E-state index contributed by atoms with van der Waals surface area (Å²) >= 11 is 0. The topological polar surface area (TPSA) is 66.8 Å². The molecule has 164 valence electrons. The Morgan fingerprint density at radius 2 is 2.03 bits per heavy atom. The van der Waals surface area contributed by atoms with Gasteiger partial charge in [-0.05, 0) is 33.1 Å². The predicted octanol–water partition coefficient (Wildman–Crippen LogP) is 3.67. The van der Waals surface area contributed by atoms with E-state index in [2.05, 4.69) is 23.8 Å². The second-order valence-electron chi connectivity index (χ2n) is 8.28. The van der Waals surface area contributed by atoms with Crippen LogP contribution in [0.25, 0.3) is 11.0 Å². The van der Waals surface area contributed by atoms with E-state index in [0.29, 0.717) is 36.5 Å². The van der Waals surface area contributed by atoms with Crippen molar-refractivity contribution in [3.8, 4) is 11.8 Å². The molecule has 1 aromatic carbocycles. The van der Waals surface area contributed by atoms with Crippen LogP contribution in [0.5, 0.6) is 11.8 Å². The van der Waals surface area contributed by atoms with E-state index in [-0.39, 0.29) is 24.0 Å². The quantitative estimate of drug-likeness (QED) is 0.669. The van der Waals surface area contributed by atoms with Crippen LogP contribution < -0.4 is 14.8 Å². The number of ether oxygens (including phenoxy) is 4. The Morgan fingerprint density at radius 1 is 1.30 bits per heavy atom. The van der Waals surface area contributed by atoms with E-state index in [0.717, 1.165) is 31.4 Å². The molecule has 0 spiro atoms. The number of aromatic nitrogens is 2. The van der Waals surface area contributed by atoms with Gasteiger partial charge in [0.1, 0.15) is 17.4 Å². The van der Waals surface area contributed by atoms with E-state index < -0.39 is 5.82 Å². The van der Waals surface area contributed by atoms with Crippen LogP contribution in [0.3, 0.4) is 0 Å². The zero-order valence-electron chi connectivity index (χ0n) is 17.8. The average molecular weight is 419 g/mol. The fraction of sp³-hybridized carbons (Fsp3) is 0.591. The van der Waals surface area contributed by atoms with Gasteiger partial charge in [-0.25, -0.2) is 4.39 Å². The van der Waals surface area contributed by atoms with Crippen LogP contribution in [0.15, 0.2) is 24.4 Å². The molecule has 2 fully saturated rings. The summed E-state index contributed by atoms with van der Waals surface area (Å²) in [7, 11) is 1.80.